The van der Waals surface area contributed by atoms with E-state index in [0.29, 0.717) is 11.1 Å². The quantitative estimate of drug-likeness (QED) is 0.537. The van der Waals surface area contributed by atoms with Crippen LogP contribution in [0.4, 0.5) is 4.39 Å². The first-order valence-corrected chi connectivity index (χ1v) is 9.06. The highest BCUT2D eigenvalue weighted by atomic mass is 35.5. The van der Waals surface area contributed by atoms with Crippen molar-refractivity contribution in [1.82, 2.24) is 9.88 Å². The minimum absolute atomic E-state index is 0.0271. The maximum Gasteiger partial charge on any atom is 0.274 e. The smallest absolute Gasteiger partial charge is 0.274 e. The van der Waals surface area contributed by atoms with Crippen molar-refractivity contribution in [2.45, 2.75) is 13.1 Å². The van der Waals surface area contributed by atoms with E-state index in [-0.39, 0.29) is 34.8 Å². The number of hydrogen-bond donors (Lipinski definition) is 0. The zero-order chi connectivity index (χ0) is 20.1. The van der Waals surface area contributed by atoms with Crippen molar-refractivity contribution in [2.75, 3.05) is 0 Å². The minimum atomic E-state index is -0.430. The van der Waals surface area contributed by atoms with Gasteiger partial charge in [-0.2, -0.15) is 5.26 Å². The molecule has 0 saturated carbocycles. The van der Waals surface area contributed by atoms with E-state index in [1.807, 2.05) is 0 Å². The highest BCUT2D eigenvalue weighted by Crippen LogP contribution is 2.21. The molecule has 1 amide bonds. The summed E-state index contributed by atoms with van der Waals surface area (Å²) in [4.78, 5) is 18.7. The molecule has 4 nitrogen and oxygen atoms in total. The van der Waals surface area contributed by atoms with Crippen molar-refractivity contribution < 1.29 is 9.18 Å². The number of rotatable bonds is 5. The minimum Gasteiger partial charge on any atom is -0.329 e. The fourth-order valence-corrected chi connectivity index (χ4v) is 3.01. The molecule has 0 atom stereocenters. The van der Waals surface area contributed by atoms with Crippen molar-refractivity contribution >= 4 is 29.1 Å². The van der Waals surface area contributed by atoms with Crippen LogP contribution in [0.2, 0.25) is 10.2 Å². The third kappa shape index (κ3) is 4.86. The summed E-state index contributed by atoms with van der Waals surface area (Å²) >= 11 is 12.1. The Labute approximate surface area is 171 Å². The van der Waals surface area contributed by atoms with Gasteiger partial charge in [0, 0.05) is 13.1 Å². The molecule has 0 spiro atoms. The lowest BCUT2D eigenvalue weighted by molar-refractivity contribution is 0.0724. The average Bonchev–Trinajstić information content (AvgIpc) is 2.69. The Bertz CT molecular complexity index is 1050. The third-order valence-electron chi connectivity index (χ3n) is 4.02. The van der Waals surface area contributed by atoms with Crippen molar-refractivity contribution in [3.63, 3.8) is 0 Å². The summed E-state index contributed by atoms with van der Waals surface area (Å²) in [6.07, 6.45) is 0. The standard InChI is InChI=1S/C21H14Cl2FN3O/c22-18-8-9-19(23)26-20(18)21(28)27(13-16-2-1-3-17(24)10-16)12-15-6-4-14(11-25)5-7-15/h1-10H,12-13H2. The van der Waals surface area contributed by atoms with Gasteiger partial charge in [0.15, 0.2) is 0 Å². The van der Waals surface area contributed by atoms with Gasteiger partial charge >= 0.3 is 0 Å². The lowest BCUT2D eigenvalue weighted by Gasteiger charge is -2.23. The molecule has 0 bridgehead atoms. The van der Waals surface area contributed by atoms with Gasteiger partial charge in [0.2, 0.25) is 0 Å². The van der Waals surface area contributed by atoms with Gasteiger partial charge < -0.3 is 4.90 Å². The van der Waals surface area contributed by atoms with E-state index in [1.54, 1.807) is 36.4 Å². The van der Waals surface area contributed by atoms with Crippen molar-refractivity contribution in [1.29, 1.82) is 5.26 Å². The largest absolute Gasteiger partial charge is 0.329 e. The first-order valence-electron chi connectivity index (χ1n) is 8.31. The Morgan fingerprint density at radius 2 is 1.75 bits per heavy atom. The number of hydrogen-bond acceptors (Lipinski definition) is 3. The molecule has 1 aromatic heterocycles. The third-order valence-corrected chi connectivity index (χ3v) is 4.54. The molecule has 140 valence electrons. The molecule has 2 aromatic carbocycles. The number of nitriles is 1. The van der Waals surface area contributed by atoms with Crippen LogP contribution in [0.1, 0.15) is 27.2 Å². The molecular formula is C21H14Cl2FN3O. The van der Waals surface area contributed by atoms with Gasteiger partial charge in [-0.3, -0.25) is 4.79 Å². The SMILES string of the molecule is N#Cc1ccc(CN(Cc2cccc(F)c2)C(=O)c2nc(Cl)ccc2Cl)cc1. The first-order chi connectivity index (χ1) is 13.5. The molecule has 0 fully saturated rings. The number of carbonyl (C=O) groups excluding carboxylic acids is 1. The van der Waals surface area contributed by atoms with E-state index >= 15 is 0 Å². The molecule has 0 radical (unpaired) electrons. The van der Waals surface area contributed by atoms with Crippen LogP contribution >= 0.6 is 23.2 Å². The number of pyridine rings is 1. The van der Waals surface area contributed by atoms with Crippen molar-refractivity contribution in [3.8, 4) is 6.07 Å². The topological polar surface area (TPSA) is 57.0 Å². The fourth-order valence-electron chi connectivity index (χ4n) is 2.68. The Kier molecular flexibility index (Phi) is 6.25. The van der Waals surface area contributed by atoms with Crippen LogP contribution in [0.5, 0.6) is 0 Å². The number of carbonyl (C=O) groups is 1. The highest BCUT2D eigenvalue weighted by molar-refractivity contribution is 6.34. The zero-order valence-corrected chi connectivity index (χ0v) is 16.1. The predicted molar refractivity (Wildman–Crippen MR) is 105 cm³/mol. The Morgan fingerprint density at radius 1 is 1.04 bits per heavy atom. The predicted octanol–water partition coefficient (Wildman–Crippen LogP) is 5.24. The second-order valence-electron chi connectivity index (χ2n) is 6.06. The molecule has 0 saturated heterocycles. The van der Waals surface area contributed by atoms with E-state index in [9.17, 15) is 9.18 Å². The second kappa shape index (κ2) is 8.83. The lowest BCUT2D eigenvalue weighted by atomic mass is 10.1. The summed E-state index contributed by atoms with van der Waals surface area (Å²) in [5.41, 5.74) is 1.98. The number of benzene rings is 2. The average molecular weight is 414 g/mol. The zero-order valence-electron chi connectivity index (χ0n) is 14.6. The van der Waals surface area contributed by atoms with Gasteiger partial charge in [0.05, 0.1) is 16.7 Å². The van der Waals surface area contributed by atoms with E-state index in [4.69, 9.17) is 28.5 Å². The van der Waals surface area contributed by atoms with Crippen molar-refractivity contribution in [3.05, 3.63) is 99.0 Å². The summed E-state index contributed by atoms with van der Waals surface area (Å²) in [6.45, 7) is 0.382. The number of nitrogens with zero attached hydrogens (tertiary/aromatic N) is 3. The van der Waals surface area contributed by atoms with Gasteiger partial charge in [-0.05, 0) is 47.5 Å². The second-order valence-corrected chi connectivity index (χ2v) is 6.86. The maximum absolute atomic E-state index is 13.6. The van der Waals surface area contributed by atoms with Gasteiger partial charge in [0.25, 0.3) is 5.91 Å². The molecule has 3 aromatic rings. The molecule has 7 heteroatoms. The molecule has 3 rings (SSSR count). The number of halogens is 3. The summed E-state index contributed by atoms with van der Waals surface area (Å²) in [6, 6.07) is 17.9. The molecular weight excluding hydrogens is 400 g/mol. The van der Waals surface area contributed by atoms with Gasteiger partial charge in [-0.15, -0.1) is 0 Å². The van der Waals surface area contributed by atoms with Crippen LogP contribution in [-0.4, -0.2) is 15.8 Å². The summed E-state index contributed by atoms with van der Waals surface area (Å²) in [5.74, 6) is -0.816. The fraction of sp³-hybridized carbons (Fsp3) is 0.0952. The molecule has 0 aliphatic heterocycles. The Hall–Kier alpha value is -2.94. The van der Waals surface area contributed by atoms with E-state index in [2.05, 4.69) is 11.1 Å². The molecule has 28 heavy (non-hydrogen) atoms. The Morgan fingerprint density at radius 3 is 2.43 bits per heavy atom. The molecule has 1 heterocycles. The van der Waals surface area contributed by atoms with E-state index in [1.165, 1.54) is 29.2 Å². The maximum atomic E-state index is 13.6. The highest BCUT2D eigenvalue weighted by Gasteiger charge is 2.21. The van der Waals surface area contributed by atoms with Crippen LogP contribution < -0.4 is 0 Å². The van der Waals surface area contributed by atoms with Crippen LogP contribution in [0.25, 0.3) is 0 Å². The van der Waals surface area contributed by atoms with Gasteiger partial charge in [-0.25, -0.2) is 9.37 Å². The summed E-state index contributed by atoms with van der Waals surface area (Å²) < 4.78 is 13.6. The van der Waals surface area contributed by atoms with Crippen LogP contribution in [0, 0.1) is 17.1 Å². The normalized spacial score (nSPS) is 10.4. The van der Waals surface area contributed by atoms with Crippen molar-refractivity contribution in [2.24, 2.45) is 0 Å². The first kappa shape index (κ1) is 19.8. The Balaban J connectivity index is 1.93. The number of amides is 1. The lowest BCUT2D eigenvalue weighted by Crippen LogP contribution is -2.31. The molecule has 0 N–H and O–H groups in total. The molecule has 0 aliphatic carbocycles. The van der Waals surface area contributed by atoms with Gasteiger partial charge in [0.1, 0.15) is 16.7 Å². The van der Waals surface area contributed by atoms with Gasteiger partial charge in [-0.1, -0.05) is 47.5 Å². The molecule has 0 unspecified atom stereocenters. The van der Waals surface area contributed by atoms with Crippen LogP contribution in [-0.2, 0) is 13.1 Å². The number of aromatic nitrogens is 1. The van der Waals surface area contributed by atoms with E-state index in [0.717, 1.165) is 5.56 Å². The van der Waals surface area contributed by atoms with Crippen LogP contribution in [0.15, 0.2) is 60.7 Å². The van der Waals surface area contributed by atoms with Crippen LogP contribution in [0.3, 0.4) is 0 Å². The molecule has 0 aliphatic rings. The summed E-state index contributed by atoms with van der Waals surface area (Å²) in [7, 11) is 0. The summed E-state index contributed by atoms with van der Waals surface area (Å²) in [5, 5.41) is 9.27. The monoisotopic (exact) mass is 413 g/mol. The van der Waals surface area contributed by atoms with E-state index < -0.39 is 5.91 Å².